The Hall–Kier alpha value is -2.85. The van der Waals surface area contributed by atoms with Gasteiger partial charge < -0.3 is 24.2 Å². The van der Waals surface area contributed by atoms with Crippen LogP contribution in [0.1, 0.15) is 0 Å². The number of non-ortho nitro benzene ring substituents is 1. The van der Waals surface area contributed by atoms with Crippen molar-refractivity contribution in [3.05, 3.63) is 38.5 Å². The molecule has 0 fully saturated rings. The number of benzene rings is 1. The molecule has 2 rings (SSSR count). The number of ether oxygens (including phenoxy) is 3. The van der Waals surface area contributed by atoms with E-state index in [-0.39, 0.29) is 35.3 Å². The minimum Gasteiger partial charge on any atom is -0.504 e. The lowest BCUT2D eigenvalue weighted by molar-refractivity contribution is -0.384. The van der Waals surface area contributed by atoms with Crippen molar-refractivity contribution in [3.63, 3.8) is 0 Å². The molecule has 1 N–H and O–H groups in total. The third-order valence-electron chi connectivity index (χ3n) is 3.36. The Morgan fingerprint density at radius 3 is 2.52 bits per heavy atom. The molecule has 0 amide bonds. The van der Waals surface area contributed by atoms with Gasteiger partial charge in [-0.2, -0.15) is 0 Å². The van der Waals surface area contributed by atoms with E-state index in [0.717, 1.165) is 31.3 Å². The number of phenols is 1. The molecule has 11 heteroatoms. The van der Waals surface area contributed by atoms with E-state index in [1.54, 1.807) is 0 Å². The van der Waals surface area contributed by atoms with Crippen molar-refractivity contribution in [2.75, 3.05) is 32.5 Å². The van der Waals surface area contributed by atoms with Gasteiger partial charge in [0, 0.05) is 12.1 Å². The molecule has 1 aromatic carbocycles. The van der Waals surface area contributed by atoms with Gasteiger partial charge in [0.2, 0.25) is 0 Å². The number of phenolic OH excluding ortho intramolecular Hbond substituents is 1. The molecule has 1 aliphatic heterocycles. The predicted molar refractivity (Wildman–Crippen MR) is 84.1 cm³/mol. The summed E-state index contributed by atoms with van der Waals surface area (Å²) in [6.45, 7) is -0.521. The number of aromatic hydroxyl groups is 1. The summed E-state index contributed by atoms with van der Waals surface area (Å²) in [6, 6.07) is 1.95. The molecule has 0 saturated carbocycles. The zero-order chi connectivity index (χ0) is 18.7. The van der Waals surface area contributed by atoms with Gasteiger partial charge in [0.1, 0.15) is 12.4 Å². The Morgan fingerprint density at radius 2 is 1.96 bits per heavy atom. The van der Waals surface area contributed by atoms with Crippen molar-refractivity contribution in [3.8, 4) is 5.75 Å². The van der Waals surface area contributed by atoms with E-state index in [2.05, 4.69) is 9.47 Å². The van der Waals surface area contributed by atoms with Gasteiger partial charge in [-0.15, -0.1) is 0 Å². The van der Waals surface area contributed by atoms with E-state index in [0.29, 0.717) is 0 Å². The molecule has 0 spiro atoms. The highest BCUT2D eigenvalue weighted by molar-refractivity contribution is 6.32. The summed E-state index contributed by atoms with van der Waals surface area (Å²) in [5, 5.41) is 20.9. The van der Waals surface area contributed by atoms with E-state index in [9.17, 15) is 24.8 Å². The van der Waals surface area contributed by atoms with Crippen LogP contribution in [0.3, 0.4) is 0 Å². The van der Waals surface area contributed by atoms with Crippen LogP contribution in [0.15, 0.2) is 23.4 Å². The first-order valence-electron chi connectivity index (χ1n) is 6.73. The van der Waals surface area contributed by atoms with Gasteiger partial charge in [0.25, 0.3) is 5.69 Å². The van der Waals surface area contributed by atoms with Crippen LogP contribution in [0.25, 0.3) is 0 Å². The molecule has 10 nitrogen and oxygen atoms in total. The third-order valence-corrected chi connectivity index (χ3v) is 3.65. The zero-order valence-corrected chi connectivity index (χ0v) is 13.9. The maximum absolute atomic E-state index is 12.2. The van der Waals surface area contributed by atoms with Crippen LogP contribution in [0.5, 0.6) is 5.75 Å². The summed E-state index contributed by atoms with van der Waals surface area (Å²) in [4.78, 5) is 35.4. The number of hydrogen-bond acceptors (Lipinski definition) is 9. The molecule has 0 saturated heterocycles. The first-order chi connectivity index (χ1) is 11.8. The second-order valence-electron chi connectivity index (χ2n) is 4.77. The molecule has 0 bridgehead atoms. The predicted octanol–water partition coefficient (Wildman–Crippen LogP) is 1.35. The van der Waals surface area contributed by atoms with Gasteiger partial charge in [-0.25, -0.2) is 9.59 Å². The molecule has 0 atom stereocenters. The number of methoxy groups -OCH3 is 2. The lowest BCUT2D eigenvalue weighted by atomic mass is 10.1. The number of anilines is 1. The van der Waals surface area contributed by atoms with Gasteiger partial charge >= 0.3 is 11.9 Å². The minimum atomic E-state index is -0.911. The van der Waals surface area contributed by atoms with Crippen molar-refractivity contribution in [1.82, 2.24) is 0 Å². The average Bonchev–Trinajstić information content (AvgIpc) is 2.61. The molecule has 1 aliphatic rings. The fourth-order valence-electron chi connectivity index (χ4n) is 2.22. The number of nitro benzene ring substituents is 1. The van der Waals surface area contributed by atoms with Crippen molar-refractivity contribution in [2.24, 2.45) is 0 Å². The molecular weight excluding hydrogens is 360 g/mol. The van der Waals surface area contributed by atoms with Gasteiger partial charge in [-0.3, -0.25) is 10.1 Å². The first kappa shape index (κ1) is 18.5. The van der Waals surface area contributed by atoms with E-state index in [4.69, 9.17) is 16.3 Å². The normalized spacial score (nSPS) is 14.3. The van der Waals surface area contributed by atoms with E-state index in [1.807, 2.05) is 0 Å². The Balaban J connectivity index is 2.69. The molecule has 0 unspecified atom stereocenters. The Bertz CT molecular complexity index is 776. The Kier molecular flexibility index (Phi) is 5.45. The molecule has 0 aliphatic carbocycles. The number of halogens is 1. The van der Waals surface area contributed by atoms with Crippen molar-refractivity contribution < 1.29 is 33.8 Å². The number of hydrogen-bond donors (Lipinski definition) is 1. The number of carbonyl (C=O) groups excluding carboxylic acids is 2. The van der Waals surface area contributed by atoms with Crippen molar-refractivity contribution >= 4 is 34.9 Å². The molecule has 1 aromatic rings. The van der Waals surface area contributed by atoms with Crippen LogP contribution >= 0.6 is 11.6 Å². The highest BCUT2D eigenvalue weighted by Gasteiger charge is 2.34. The van der Waals surface area contributed by atoms with Crippen LogP contribution in [0.4, 0.5) is 11.4 Å². The topological polar surface area (TPSA) is 128 Å². The molecule has 134 valence electrons. The van der Waals surface area contributed by atoms with Gasteiger partial charge in [0.15, 0.2) is 5.75 Å². The SMILES string of the molecule is COC(=O)C1=C(C(=O)OC)N(c2cc([N+](=O)[O-])cc(Cl)c2O)COC1. The largest absolute Gasteiger partial charge is 0.504 e. The highest BCUT2D eigenvalue weighted by Crippen LogP contribution is 2.41. The van der Waals surface area contributed by atoms with Crippen molar-refractivity contribution in [1.29, 1.82) is 0 Å². The summed E-state index contributed by atoms with van der Waals surface area (Å²) in [5.74, 6) is -2.28. The highest BCUT2D eigenvalue weighted by atomic mass is 35.5. The molecule has 0 aromatic heterocycles. The molecule has 1 heterocycles. The van der Waals surface area contributed by atoms with Gasteiger partial charge in [-0.05, 0) is 0 Å². The Morgan fingerprint density at radius 1 is 1.32 bits per heavy atom. The van der Waals surface area contributed by atoms with Crippen LogP contribution in [0, 0.1) is 10.1 Å². The number of rotatable bonds is 4. The summed E-state index contributed by atoms with van der Waals surface area (Å²) in [5.41, 5.74) is -1.05. The first-order valence-corrected chi connectivity index (χ1v) is 7.11. The molecule has 25 heavy (non-hydrogen) atoms. The minimum absolute atomic E-state index is 0.164. The van der Waals surface area contributed by atoms with Gasteiger partial charge in [-0.1, -0.05) is 11.6 Å². The summed E-state index contributed by atoms with van der Waals surface area (Å²) in [7, 11) is 2.21. The third kappa shape index (κ3) is 3.49. The standard InChI is InChI=1S/C14H13ClN2O8/c1-23-13(19)8-5-25-6-16(11(8)14(20)24-2)10-4-7(17(21)22)3-9(15)12(10)18/h3-4,18H,5-6H2,1-2H3. The van der Waals surface area contributed by atoms with Crippen LogP contribution in [0.2, 0.25) is 5.02 Å². The monoisotopic (exact) mass is 372 g/mol. The number of nitro groups is 1. The van der Waals surface area contributed by atoms with Crippen LogP contribution in [-0.2, 0) is 23.8 Å². The number of nitrogens with zero attached hydrogens (tertiary/aromatic N) is 2. The molecular formula is C14H13ClN2O8. The summed E-state index contributed by atoms with van der Waals surface area (Å²) in [6.07, 6.45) is 0. The maximum atomic E-state index is 12.2. The number of esters is 2. The fraction of sp³-hybridized carbons (Fsp3) is 0.286. The average molecular weight is 373 g/mol. The quantitative estimate of drug-likeness (QED) is 0.473. The fourth-order valence-corrected chi connectivity index (χ4v) is 2.42. The zero-order valence-electron chi connectivity index (χ0n) is 13.1. The summed E-state index contributed by atoms with van der Waals surface area (Å²) < 4.78 is 14.5. The summed E-state index contributed by atoms with van der Waals surface area (Å²) >= 11 is 5.82. The smallest absolute Gasteiger partial charge is 0.355 e. The molecule has 0 radical (unpaired) electrons. The van der Waals surface area contributed by atoms with Crippen LogP contribution < -0.4 is 4.90 Å². The number of carbonyl (C=O) groups is 2. The lowest BCUT2D eigenvalue weighted by Crippen LogP contribution is -2.38. The second kappa shape index (κ2) is 7.36. The van der Waals surface area contributed by atoms with E-state index in [1.165, 1.54) is 0 Å². The van der Waals surface area contributed by atoms with Crippen LogP contribution in [-0.4, -0.2) is 49.5 Å². The Labute approximate surface area is 146 Å². The maximum Gasteiger partial charge on any atom is 0.355 e. The lowest BCUT2D eigenvalue weighted by Gasteiger charge is -2.31. The van der Waals surface area contributed by atoms with Gasteiger partial charge in [0.05, 0.1) is 42.0 Å². The van der Waals surface area contributed by atoms with Crippen molar-refractivity contribution in [2.45, 2.75) is 0 Å². The second-order valence-corrected chi connectivity index (χ2v) is 5.18. The van der Waals surface area contributed by atoms with E-state index >= 15 is 0 Å². The van der Waals surface area contributed by atoms with E-state index < -0.39 is 28.3 Å².